The van der Waals surface area contributed by atoms with E-state index in [0.29, 0.717) is 39.4 Å². The fraction of sp³-hybridized carbons (Fsp3) is 0.588. The van der Waals surface area contributed by atoms with Gasteiger partial charge >= 0.3 is 5.51 Å². The monoisotopic (exact) mass is 421 g/mol. The molecule has 0 atom stereocenters. The predicted octanol–water partition coefficient (Wildman–Crippen LogP) is 0.961. The first-order valence-electron chi connectivity index (χ1n) is 8.93. The van der Waals surface area contributed by atoms with Gasteiger partial charge in [-0.05, 0) is 12.1 Å². The first-order chi connectivity index (χ1) is 13.2. The van der Waals surface area contributed by atoms with E-state index in [1.54, 1.807) is 9.80 Å². The highest BCUT2D eigenvalue weighted by Crippen LogP contribution is 2.36. The molecule has 2 heterocycles. The van der Waals surface area contributed by atoms with E-state index < -0.39 is 20.2 Å². The molecule has 7 nitrogen and oxygen atoms in total. The number of anilines is 1. The number of piperazine rings is 1. The second-order valence-electron chi connectivity index (χ2n) is 6.67. The van der Waals surface area contributed by atoms with Crippen LogP contribution in [0.2, 0.25) is 0 Å². The molecule has 2 saturated heterocycles. The lowest BCUT2D eigenvalue weighted by atomic mass is 10.2. The molecular weight excluding hydrogens is 399 g/mol. The van der Waals surface area contributed by atoms with Crippen molar-refractivity contribution in [3.05, 3.63) is 24.3 Å². The molecule has 156 valence electrons. The summed E-state index contributed by atoms with van der Waals surface area (Å²) >= 11 is 0. The molecule has 1 aromatic rings. The first kappa shape index (κ1) is 20.9. The topological polar surface area (TPSA) is 70.2 Å². The van der Waals surface area contributed by atoms with Gasteiger partial charge in [0.25, 0.3) is 9.84 Å². The van der Waals surface area contributed by atoms with Gasteiger partial charge in [-0.15, -0.1) is 0 Å². The Hall–Kier alpha value is -1.85. The summed E-state index contributed by atoms with van der Waals surface area (Å²) in [5.74, 6) is -0.0438. The highest BCUT2D eigenvalue weighted by Gasteiger charge is 2.48. The molecule has 1 aromatic carbocycles. The molecule has 0 aromatic heterocycles. The maximum Gasteiger partial charge on any atom is 0.501 e. The normalized spacial score (nSPS) is 19.7. The van der Waals surface area contributed by atoms with Crippen LogP contribution in [-0.4, -0.2) is 88.7 Å². The Labute approximate surface area is 161 Å². The van der Waals surface area contributed by atoms with E-state index in [1.807, 2.05) is 4.90 Å². The van der Waals surface area contributed by atoms with Gasteiger partial charge in [-0.3, -0.25) is 9.69 Å². The summed E-state index contributed by atoms with van der Waals surface area (Å²) in [6.45, 7) is 4.01. The molecule has 28 heavy (non-hydrogen) atoms. The van der Waals surface area contributed by atoms with Gasteiger partial charge in [0.2, 0.25) is 5.91 Å². The third-order valence-corrected chi connectivity index (χ3v) is 6.43. The van der Waals surface area contributed by atoms with E-state index in [0.717, 1.165) is 6.07 Å². The number of halogens is 3. The van der Waals surface area contributed by atoms with Gasteiger partial charge in [-0.1, -0.05) is 12.1 Å². The number of ether oxygens (including phenoxy) is 1. The molecule has 2 aliphatic heterocycles. The number of morpholine rings is 1. The Morgan fingerprint density at radius 2 is 1.61 bits per heavy atom. The lowest BCUT2D eigenvalue weighted by Crippen LogP contribution is -2.52. The van der Waals surface area contributed by atoms with Crippen LogP contribution in [0.4, 0.5) is 18.9 Å². The zero-order chi connectivity index (χ0) is 20.4. The molecule has 11 heteroatoms. The minimum Gasteiger partial charge on any atom is -0.379 e. The van der Waals surface area contributed by atoms with Gasteiger partial charge in [0.15, 0.2) is 0 Å². The number of benzene rings is 1. The van der Waals surface area contributed by atoms with E-state index in [4.69, 9.17) is 4.74 Å². The molecule has 2 aliphatic rings. The number of nitrogens with zero attached hydrogens (tertiary/aromatic N) is 3. The zero-order valence-corrected chi connectivity index (χ0v) is 16.0. The Bertz CT molecular complexity index is 802. The first-order valence-corrected chi connectivity index (χ1v) is 10.4. The van der Waals surface area contributed by atoms with E-state index in [-0.39, 0.29) is 31.2 Å². The van der Waals surface area contributed by atoms with E-state index in [9.17, 15) is 26.4 Å². The fourth-order valence-corrected chi connectivity index (χ4v) is 4.30. The average molecular weight is 421 g/mol. The second kappa shape index (κ2) is 8.26. The number of carbonyl (C=O) groups excluding carboxylic acids is 1. The molecule has 0 N–H and O–H groups in total. The van der Waals surface area contributed by atoms with E-state index >= 15 is 0 Å². The number of hydrogen-bond donors (Lipinski definition) is 0. The number of sulfone groups is 1. The van der Waals surface area contributed by atoms with Crippen molar-refractivity contribution in [1.82, 2.24) is 9.80 Å². The van der Waals surface area contributed by atoms with E-state index in [1.165, 1.54) is 18.2 Å². The van der Waals surface area contributed by atoms with Crippen molar-refractivity contribution in [2.24, 2.45) is 0 Å². The van der Waals surface area contributed by atoms with Gasteiger partial charge in [0, 0.05) is 39.3 Å². The van der Waals surface area contributed by atoms with Crippen LogP contribution in [0.1, 0.15) is 0 Å². The Balaban J connectivity index is 1.66. The van der Waals surface area contributed by atoms with Gasteiger partial charge in [-0.2, -0.15) is 13.2 Å². The van der Waals surface area contributed by atoms with Crippen LogP contribution in [0.3, 0.4) is 0 Å². The summed E-state index contributed by atoms with van der Waals surface area (Å²) in [7, 11) is -5.45. The van der Waals surface area contributed by atoms with Crippen molar-refractivity contribution in [2.45, 2.75) is 10.4 Å². The number of carbonyl (C=O) groups is 1. The van der Waals surface area contributed by atoms with Crippen molar-refractivity contribution in [1.29, 1.82) is 0 Å². The summed E-state index contributed by atoms with van der Waals surface area (Å²) in [5, 5.41) is 0. The predicted molar refractivity (Wildman–Crippen MR) is 95.7 cm³/mol. The number of para-hydroxylation sites is 1. The largest absolute Gasteiger partial charge is 0.501 e. The van der Waals surface area contributed by atoms with Crippen molar-refractivity contribution in [3.8, 4) is 0 Å². The number of amides is 1. The van der Waals surface area contributed by atoms with Crippen LogP contribution in [0.25, 0.3) is 0 Å². The zero-order valence-electron chi connectivity index (χ0n) is 15.2. The summed E-state index contributed by atoms with van der Waals surface area (Å²) in [6.07, 6.45) is 0. The van der Waals surface area contributed by atoms with Crippen molar-refractivity contribution in [2.75, 3.05) is 63.9 Å². The van der Waals surface area contributed by atoms with Crippen LogP contribution in [0.5, 0.6) is 0 Å². The summed E-state index contributed by atoms with van der Waals surface area (Å²) in [6, 6.07) is 5.10. The number of hydrogen-bond acceptors (Lipinski definition) is 6. The molecule has 0 unspecified atom stereocenters. The summed E-state index contributed by atoms with van der Waals surface area (Å²) in [5.41, 5.74) is -5.35. The quantitative estimate of drug-likeness (QED) is 0.722. The van der Waals surface area contributed by atoms with Crippen LogP contribution in [-0.2, 0) is 19.4 Å². The average Bonchev–Trinajstić information content (AvgIpc) is 2.68. The van der Waals surface area contributed by atoms with Crippen molar-refractivity contribution < 1.29 is 31.1 Å². The number of alkyl halides is 3. The third kappa shape index (κ3) is 4.41. The maximum atomic E-state index is 13.0. The van der Waals surface area contributed by atoms with Gasteiger partial charge in [0.1, 0.15) is 0 Å². The Kier molecular flexibility index (Phi) is 6.15. The summed E-state index contributed by atoms with van der Waals surface area (Å²) < 4.78 is 68.0. The molecule has 2 fully saturated rings. The molecule has 0 saturated carbocycles. The molecular formula is C17H22F3N3O4S. The fourth-order valence-electron chi connectivity index (χ4n) is 3.32. The lowest BCUT2D eigenvalue weighted by Gasteiger charge is -2.38. The minimum absolute atomic E-state index is 0.0140. The molecule has 0 spiro atoms. The smallest absolute Gasteiger partial charge is 0.379 e. The molecule has 0 radical (unpaired) electrons. The summed E-state index contributed by atoms with van der Waals surface area (Å²) in [4.78, 5) is 16.9. The van der Waals surface area contributed by atoms with Crippen LogP contribution in [0, 0.1) is 0 Å². The minimum atomic E-state index is -5.45. The highest BCUT2D eigenvalue weighted by atomic mass is 32.2. The Morgan fingerprint density at radius 1 is 1.00 bits per heavy atom. The lowest BCUT2D eigenvalue weighted by molar-refractivity contribution is -0.133. The SMILES string of the molecule is O=C(CN1CCOCC1)N1CCN(c2ccccc2S(=O)(=O)C(F)(F)F)CC1. The van der Waals surface area contributed by atoms with Crippen molar-refractivity contribution >= 4 is 21.4 Å². The van der Waals surface area contributed by atoms with Gasteiger partial charge in [0.05, 0.1) is 30.3 Å². The molecule has 0 bridgehead atoms. The molecule has 0 aliphatic carbocycles. The number of rotatable bonds is 4. The van der Waals surface area contributed by atoms with E-state index in [2.05, 4.69) is 0 Å². The van der Waals surface area contributed by atoms with Crippen molar-refractivity contribution in [3.63, 3.8) is 0 Å². The second-order valence-corrected chi connectivity index (χ2v) is 8.58. The molecule has 3 rings (SSSR count). The van der Waals surface area contributed by atoms with Crippen LogP contribution >= 0.6 is 0 Å². The Morgan fingerprint density at radius 3 is 2.21 bits per heavy atom. The van der Waals surface area contributed by atoms with Crippen LogP contribution < -0.4 is 4.90 Å². The third-order valence-electron chi connectivity index (χ3n) is 4.90. The molecule has 1 amide bonds. The van der Waals surface area contributed by atoms with Gasteiger partial charge < -0.3 is 14.5 Å². The highest BCUT2D eigenvalue weighted by molar-refractivity contribution is 7.92. The standard InChI is InChI=1S/C17H22F3N3O4S/c18-17(19,20)28(25,26)15-4-2-1-3-14(15)22-5-7-23(8-6-22)16(24)13-21-9-11-27-12-10-21/h1-4H,5-13H2. The van der Waals surface area contributed by atoms with Crippen LogP contribution in [0.15, 0.2) is 29.2 Å². The van der Waals surface area contributed by atoms with Gasteiger partial charge in [-0.25, -0.2) is 8.42 Å². The maximum absolute atomic E-state index is 13.0.